The molecule has 2 rings (SSSR count). The second-order valence-corrected chi connectivity index (χ2v) is 5.59. The first-order chi connectivity index (χ1) is 9.93. The summed E-state index contributed by atoms with van der Waals surface area (Å²) in [6, 6.07) is 4.83. The third-order valence-electron chi connectivity index (χ3n) is 3.61. The van der Waals surface area contributed by atoms with Crippen LogP contribution in [0.2, 0.25) is 0 Å². The second-order valence-electron chi connectivity index (χ2n) is 5.59. The molecule has 1 heterocycles. The Balaban J connectivity index is 2.25. The molecule has 2 atom stereocenters. The summed E-state index contributed by atoms with van der Waals surface area (Å²) in [7, 11) is 5.36. The van der Waals surface area contributed by atoms with Crippen molar-refractivity contribution in [2.45, 2.75) is 19.1 Å². The monoisotopic (exact) mass is 295 g/mol. The molecule has 1 fully saturated rings. The number of carbonyl (C=O) groups excluding carboxylic acids is 1. The first-order valence-corrected chi connectivity index (χ1v) is 6.96. The van der Waals surface area contributed by atoms with E-state index in [0.29, 0.717) is 0 Å². The van der Waals surface area contributed by atoms with Crippen LogP contribution in [0, 0.1) is 5.82 Å². The summed E-state index contributed by atoms with van der Waals surface area (Å²) in [6.45, 7) is 3.02. The molecule has 1 saturated heterocycles. The zero-order valence-electron chi connectivity index (χ0n) is 12.9. The van der Waals surface area contributed by atoms with Crippen molar-refractivity contribution in [1.82, 2.24) is 15.1 Å². The van der Waals surface area contributed by atoms with Crippen molar-refractivity contribution < 1.29 is 13.9 Å². The third kappa shape index (κ3) is 3.33. The van der Waals surface area contributed by atoms with Crippen LogP contribution in [0.5, 0.6) is 5.75 Å². The average Bonchev–Trinajstić information content (AvgIpc) is 2.79. The van der Waals surface area contributed by atoms with Gasteiger partial charge in [-0.25, -0.2) is 4.39 Å². The molecule has 1 N–H and O–H groups in total. The zero-order valence-corrected chi connectivity index (χ0v) is 12.9. The Labute approximate surface area is 124 Å². The maximum Gasteiger partial charge on any atom is 0.238 e. The summed E-state index contributed by atoms with van der Waals surface area (Å²) in [4.78, 5) is 15.9. The SMILES string of the molecule is COc1ccc(C2NCC(=O)N2C(C)CN(C)C)cc1F. The van der Waals surface area contributed by atoms with Gasteiger partial charge in [-0.2, -0.15) is 0 Å². The van der Waals surface area contributed by atoms with E-state index in [0.717, 1.165) is 12.1 Å². The van der Waals surface area contributed by atoms with Crippen molar-refractivity contribution >= 4 is 5.91 Å². The van der Waals surface area contributed by atoms with Gasteiger partial charge in [0.25, 0.3) is 0 Å². The molecule has 5 nitrogen and oxygen atoms in total. The van der Waals surface area contributed by atoms with Gasteiger partial charge in [0, 0.05) is 12.6 Å². The smallest absolute Gasteiger partial charge is 0.238 e. The minimum Gasteiger partial charge on any atom is -0.494 e. The maximum atomic E-state index is 13.9. The topological polar surface area (TPSA) is 44.8 Å². The van der Waals surface area contributed by atoms with Crippen LogP contribution in [0.15, 0.2) is 18.2 Å². The molecule has 1 amide bonds. The Morgan fingerprint density at radius 3 is 2.81 bits per heavy atom. The Morgan fingerprint density at radius 2 is 2.24 bits per heavy atom. The van der Waals surface area contributed by atoms with E-state index in [1.54, 1.807) is 17.0 Å². The van der Waals surface area contributed by atoms with Crippen LogP contribution in [-0.2, 0) is 4.79 Å². The molecule has 0 radical (unpaired) electrons. The predicted molar refractivity (Wildman–Crippen MR) is 78.6 cm³/mol. The lowest BCUT2D eigenvalue weighted by Crippen LogP contribution is -2.43. The van der Waals surface area contributed by atoms with E-state index in [1.807, 2.05) is 25.9 Å². The molecule has 0 aliphatic carbocycles. The summed E-state index contributed by atoms with van der Waals surface area (Å²) >= 11 is 0. The summed E-state index contributed by atoms with van der Waals surface area (Å²) in [5.41, 5.74) is 0.727. The molecule has 2 unspecified atom stereocenters. The Morgan fingerprint density at radius 1 is 1.52 bits per heavy atom. The number of carbonyl (C=O) groups is 1. The van der Waals surface area contributed by atoms with E-state index < -0.39 is 5.82 Å². The lowest BCUT2D eigenvalue weighted by Gasteiger charge is -2.32. The molecule has 21 heavy (non-hydrogen) atoms. The molecular weight excluding hydrogens is 273 g/mol. The van der Waals surface area contributed by atoms with Gasteiger partial charge in [-0.3, -0.25) is 10.1 Å². The summed E-state index contributed by atoms with van der Waals surface area (Å²) in [5.74, 6) is -0.182. The van der Waals surface area contributed by atoms with Gasteiger partial charge in [-0.05, 0) is 38.7 Å². The fraction of sp³-hybridized carbons (Fsp3) is 0.533. The predicted octanol–water partition coefficient (Wildman–Crippen LogP) is 1.21. The highest BCUT2D eigenvalue weighted by Crippen LogP contribution is 2.28. The van der Waals surface area contributed by atoms with Gasteiger partial charge in [0.05, 0.1) is 13.7 Å². The Hall–Kier alpha value is -1.66. The minimum atomic E-state index is -0.420. The number of amides is 1. The van der Waals surface area contributed by atoms with Crippen molar-refractivity contribution in [3.8, 4) is 5.75 Å². The summed E-state index contributed by atoms with van der Waals surface area (Å²) in [5, 5.41) is 3.14. The number of halogens is 1. The van der Waals surface area contributed by atoms with E-state index in [9.17, 15) is 9.18 Å². The Bertz CT molecular complexity index is 522. The molecule has 1 aliphatic heterocycles. The van der Waals surface area contributed by atoms with Gasteiger partial charge in [-0.15, -0.1) is 0 Å². The van der Waals surface area contributed by atoms with Crippen molar-refractivity contribution in [2.24, 2.45) is 0 Å². The average molecular weight is 295 g/mol. The van der Waals surface area contributed by atoms with E-state index in [1.165, 1.54) is 13.2 Å². The number of nitrogens with zero attached hydrogens (tertiary/aromatic N) is 2. The highest BCUT2D eigenvalue weighted by Gasteiger charge is 2.35. The van der Waals surface area contributed by atoms with Gasteiger partial charge >= 0.3 is 0 Å². The number of hydrogen-bond donors (Lipinski definition) is 1. The Kier molecular flexibility index (Phi) is 4.80. The third-order valence-corrected chi connectivity index (χ3v) is 3.61. The van der Waals surface area contributed by atoms with Crippen LogP contribution in [0.25, 0.3) is 0 Å². The molecule has 1 aliphatic rings. The van der Waals surface area contributed by atoms with E-state index in [4.69, 9.17) is 4.74 Å². The van der Waals surface area contributed by atoms with Crippen LogP contribution in [-0.4, -0.2) is 56.0 Å². The van der Waals surface area contributed by atoms with Crippen molar-refractivity contribution in [1.29, 1.82) is 0 Å². The number of methoxy groups -OCH3 is 1. The zero-order chi connectivity index (χ0) is 15.6. The van der Waals surface area contributed by atoms with Gasteiger partial charge in [0.2, 0.25) is 5.91 Å². The molecule has 0 bridgehead atoms. The van der Waals surface area contributed by atoms with Gasteiger partial charge in [0.15, 0.2) is 11.6 Å². The van der Waals surface area contributed by atoms with E-state index in [2.05, 4.69) is 5.32 Å². The van der Waals surface area contributed by atoms with Crippen LogP contribution in [0.1, 0.15) is 18.7 Å². The highest BCUT2D eigenvalue weighted by atomic mass is 19.1. The fourth-order valence-electron chi connectivity index (χ4n) is 2.77. The molecule has 0 aromatic heterocycles. The molecule has 1 aromatic rings. The molecule has 0 spiro atoms. The van der Waals surface area contributed by atoms with Crippen molar-refractivity contribution in [3.63, 3.8) is 0 Å². The van der Waals surface area contributed by atoms with Crippen molar-refractivity contribution in [2.75, 3.05) is 34.3 Å². The highest BCUT2D eigenvalue weighted by molar-refractivity contribution is 5.81. The molecule has 6 heteroatoms. The summed E-state index contributed by atoms with van der Waals surface area (Å²) in [6.07, 6.45) is -0.298. The van der Waals surface area contributed by atoms with Crippen LogP contribution in [0.3, 0.4) is 0 Å². The second kappa shape index (κ2) is 6.41. The minimum absolute atomic E-state index is 0.0329. The first-order valence-electron chi connectivity index (χ1n) is 6.96. The fourth-order valence-corrected chi connectivity index (χ4v) is 2.77. The standard InChI is InChI=1S/C15H22FN3O2/c1-10(9-18(2)3)19-14(20)8-17-15(19)11-5-6-13(21-4)12(16)7-11/h5-7,10,15,17H,8-9H2,1-4H3. The largest absolute Gasteiger partial charge is 0.494 e. The number of rotatable bonds is 5. The van der Waals surface area contributed by atoms with Gasteiger partial charge in [-0.1, -0.05) is 6.07 Å². The number of ether oxygens (including phenoxy) is 1. The normalized spacial score (nSPS) is 20.2. The molecular formula is C15H22FN3O2. The molecule has 0 saturated carbocycles. The van der Waals surface area contributed by atoms with Crippen molar-refractivity contribution in [3.05, 3.63) is 29.6 Å². The van der Waals surface area contributed by atoms with Crippen LogP contribution in [0.4, 0.5) is 4.39 Å². The summed E-state index contributed by atoms with van der Waals surface area (Å²) < 4.78 is 18.8. The number of nitrogens with one attached hydrogen (secondary N) is 1. The lowest BCUT2D eigenvalue weighted by atomic mass is 10.1. The maximum absolute atomic E-state index is 13.9. The lowest BCUT2D eigenvalue weighted by molar-refractivity contribution is -0.130. The molecule has 116 valence electrons. The van der Waals surface area contributed by atoms with Crippen LogP contribution < -0.4 is 10.1 Å². The van der Waals surface area contributed by atoms with Gasteiger partial charge < -0.3 is 14.5 Å². The number of likely N-dealkylation sites (N-methyl/N-ethyl adjacent to an activating group) is 1. The van der Waals surface area contributed by atoms with Gasteiger partial charge in [0.1, 0.15) is 6.17 Å². The van der Waals surface area contributed by atoms with Crippen LogP contribution >= 0.6 is 0 Å². The number of hydrogen-bond acceptors (Lipinski definition) is 4. The number of benzene rings is 1. The van der Waals surface area contributed by atoms with E-state index >= 15 is 0 Å². The molecule has 1 aromatic carbocycles. The van der Waals surface area contributed by atoms with E-state index in [-0.39, 0.29) is 30.4 Å². The first kappa shape index (κ1) is 15.7. The quantitative estimate of drug-likeness (QED) is 0.887.